The fourth-order valence-electron chi connectivity index (χ4n) is 1.94. The molecule has 0 saturated carbocycles. The Morgan fingerprint density at radius 3 is 2.90 bits per heavy atom. The highest BCUT2D eigenvalue weighted by Crippen LogP contribution is 2.34. The largest absolute Gasteiger partial charge is 0.454 e. The Hall–Kier alpha value is -1.99. The van der Waals surface area contributed by atoms with Gasteiger partial charge in [-0.1, -0.05) is 6.07 Å². The van der Waals surface area contributed by atoms with Crippen LogP contribution in [0.2, 0.25) is 0 Å². The average molecular weight is 296 g/mol. The summed E-state index contributed by atoms with van der Waals surface area (Å²) in [5.74, 6) is 1.32. The lowest BCUT2D eigenvalue weighted by molar-refractivity contribution is 0.164. The van der Waals surface area contributed by atoms with Crippen LogP contribution in [0.15, 0.2) is 18.2 Å². The molecule has 2 rings (SSSR count). The van der Waals surface area contributed by atoms with Crippen molar-refractivity contribution in [3.8, 4) is 11.5 Å². The van der Waals surface area contributed by atoms with Crippen LogP contribution >= 0.6 is 0 Å². The molecule has 1 heterocycles. The van der Waals surface area contributed by atoms with Crippen LogP contribution in [0.25, 0.3) is 0 Å². The molecule has 1 aromatic rings. The number of methoxy groups -OCH3 is 1. The summed E-state index contributed by atoms with van der Waals surface area (Å²) in [6.07, 6.45) is -0.254. The first-order valence-electron chi connectivity index (χ1n) is 6.79. The number of amides is 2. The summed E-state index contributed by atoms with van der Waals surface area (Å²) in [5.41, 5.74) is 0.737. The number of aliphatic hydroxyl groups is 1. The smallest absolute Gasteiger partial charge is 0.314 e. The third kappa shape index (κ3) is 4.51. The first-order valence-corrected chi connectivity index (χ1v) is 6.79. The first-order chi connectivity index (χ1) is 10.2. The van der Waals surface area contributed by atoms with Gasteiger partial charge in [0.1, 0.15) is 0 Å². The van der Waals surface area contributed by atoms with E-state index in [0.717, 1.165) is 5.56 Å². The van der Waals surface area contributed by atoms with Gasteiger partial charge in [0.15, 0.2) is 11.5 Å². The van der Waals surface area contributed by atoms with Crippen molar-refractivity contribution in [3.05, 3.63) is 23.8 Å². The molecule has 0 fully saturated rings. The third-order valence-electron chi connectivity index (χ3n) is 3.08. The molecule has 0 spiro atoms. The maximum absolute atomic E-state index is 11.4. The van der Waals surface area contributed by atoms with Crippen LogP contribution < -0.4 is 20.1 Å². The number of hydrogen-bond acceptors (Lipinski definition) is 5. The van der Waals surface area contributed by atoms with Crippen LogP contribution in [0, 0.1) is 0 Å². The maximum atomic E-state index is 11.4. The highest BCUT2D eigenvalue weighted by atomic mass is 16.7. The van der Waals surface area contributed by atoms with Crippen LogP contribution in [0.4, 0.5) is 4.79 Å². The van der Waals surface area contributed by atoms with Gasteiger partial charge in [0.05, 0.1) is 12.7 Å². The van der Waals surface area contributed by atoms with Gasteiger partial charge >= 0.3 is 6.03 Å². The molecule has 0 radical (unpaired) electrons. The highest BCUT2D eigenvalue weighted by molar-refractivity contribution is 5.73. The molecule has 0 bridgehead atoms. The molecule has 1 atom stereocenters. The minimum atomic E-state index is -0.668. The molecular formula is C14H20N2O5. The number of nitrogens with one attached hydrogen (secondary N) is 2. The second-order valence-electron chi connectivity index (χ2n) is 4.59. The molecule has 1 aromatic carbocycles. The molecule has 0 saturated heterocycles. The molecule has 1 aliphatic heterocycles. The standard InChI is InChI=1S/C14H20N2O5/c1-19-7-6-16-14(18)15-5-4-11(17)10-2-3-12-13(8-10)21-9-20-12/h2-3,8,11,17H,4-7,9H2,1H3,(H2,15,16,18). The van der Waals surface area contributed by atoms with Crippen LogP contribution in [-0.4, -0.2) is 44.7 Å². The monoisotopic (exact) mass is 296 g/mol. The van der Waals surface area contributed by atoms with Crippen molar-refractivity contribution < 1.29 is 24.1 Å². The van der Waals surface area contributed by atoms with E-state index in [0.29, 0.717) is 37.6 Å². The van der Waals surface area contributed by atoms with E-state index in [4.69, 9.17) is 14.2 Å². The number of benzene rings is 1. The quantitative estimate of drug-likeness (QED) is 0.647. The molecule has 7 heteroatoms. The van der Waals surface area contributed by atoms with Gasteiger partial charge in [-0.2, -0.15) is 0 Å². The summed E-state index contributed by atoms with van der Waals surface area (Å²) in [7, 11) is 1.57. The predicted octanol–water partition coefficient (Wildman–Crippen LogP) is 0.784. The number of ether oxygens (including phenoxy) is 3. The predicted molar refractivity (Wildman–Crippen MR) is 75.4 cm³/mol. The molecule has 0 aliphatic carbocycles. The van der Waals surface area contributed by atoms with Crippen molar-refractivity contribution in [2.75, 3.05) is 33.6 Å². The second kappa shape index (κ2) is 7.70. The topological polar surface area (TPSA) is 89.1 Å². The Balaban J connectivity index is 1.72. The van der Waals surface area contributed by atoms with Gasteiger partial charge in [-0.15, -0.1) is 0 Å². The van der Waals surface area contributed by atoms with Gasteiger partial charge in [-0.3, -0.25) is 0 Å². The maximum Gasteiger partial charge on any atom is 0.314 e. The molecule has 1 unspecified atom stereocenters. The lowest BCUT2D eigenvalue weighted by Gasteiger charge is -2.12. The van der Waals surface area contributed by atoms with Crippen LogP contribution in [0.3, 0.4) is 0 Å². The number of carbonyl (C=O) groups is 1. The van der Waals surface area contributed by atoms with Gasteiger partial charge in [0.2, 0.25) is 6.79 Å². The van der Waals surface area contributed by atoms with Crippen molar-refractivity contribution in [1.82, 2.24) is 10.6 Å². The molecule has 7 nitrogen and oxygen atoms in total. The van der Waals surface area contributed by atoms with E-state index >= 15 is 0 Å². The van der Waals surface area contributed by atoms with Crippen molar-refractivity contribution in [1.29, 1.82) is 0 Å². The fraction of sp³-hybridized carbons (Fsp3) is 0.500. The summed E-state index contributed by atoms with van der Waals surface area (Å²) >= 11 is 0. The summed E-state index contributed by atoms with van der Waals surface area (Å²) in [6.45, 7) is 1.49. The number of hydrogen-bond donors (Lipinski definition) is 3. The summed E-state index contributed by atoms with van der Waals surface area (Å²) in [5, 5.41) is 15.4. The lowest BCUT2D eigenvalue weighted by atomic mass is 10.1. The van der Waals surface area contributed by atoms with Crippen molar-refractivity contribution in [2.24, 2.45) is 0 Å². The minimum absolute atomic E-state index is 0.206. The number of carbonyl (C=O) groups excluding carboxylic acids is 1. The highest BCUT2D eigenvalue weighted by Gasteiger charge is 2.16. The van der Waals surface area contributed by atoms with Crippen molar-refractivity contribution in [2.45, 2.75) is 12.5 Å². The van der Waals surface area contributed by atoms with E-state index in [1.807, 2.05) is 0 Å². The number of urea groups is 1. The molecule has 3 N–H and O–H groups in total. The van der Waals surface area contributed by atoms with E-state index in [1.54, 1.807) is 25.3 Å². The second-order valence-corrected chi connectivity index (χ2v) is 4.59. The van der Waals surface area contributed by atoms with Crippen LogP contribution in [-0.2, 0) is 4.74 Å². The zero-order valence-corrected chi connectivity index (χ0v) is 11.9. The Bertz CT molecular complexity index is 480. The normalized spacial score (nSPS) is 13.8. The molecule has 116 valence electrons. The summed E-state index contributed by atoms with van der Waals surface area (Å²) in [4.78, 5) is 11.4. The molecular weight excluding hydrogens is 276 g/mol. The van der Waals surface area contributed by atoms with Crippen molar-refractivity contribution >= 4 is 6.03 Å². The van der Waals surface area contributed by atoms with Gasteiger partial charge in [-0.25, -0.2) is 4.79 Å². The van der Waals surface area contributed by atoms with E-state index in [2.05, 4.69) is 10.6 Å². The fourth-order valence-corrected chi connectivity index (χ4v) is 1.94. The molecule has 0 aromatic heterocycles. The zero-order chi connectivity index (χ0) is 15.1. The molecule has 1 aliphatic rings. The van der Waals surface area contributed by atoms with E-state index in [9.17, 15) is 9.90 Å². The van der Waals surface area contributed by atoms with Gasteiger partial charge in [0, 0.05) is 20.2 Å². The summed E-state index contributed by atoms with van der Waals surface area (Å²) < 4.78 is 15.3. The molecule has 21 heavy (non-hydrogen) atoms. The van der Waals surface area contributed by atoms with E-state index in [-0.39, 0.29) is 12.8 Å². The van der Waals surface area contributed by atoms with Gasteiger partial charge in [-0.05, 0) is 24.1 Å². The average Bonchev–Trinajstić information content (AvgIpc) is 2.94. The van der Waals surface area contributed by atoms with Crippen LogP contribution in [0.1, 0.15) is 18.1 Å². The summed E-state index contributed by atoms with van der Waals surface area (Å²) in [6, 6.07) is 5.04. The van der Waals surface area contributed by atoms with Crippen molar-refractivity contribution in [3.63, 3.8) is 0 Å². The SMILES string of the molecule is COCCNC(=O)NCCC(O)c1ccc2c(c1)OCO2. The van der Waals surface area contributed by atoms with Gasteiger partial charge < -0.3 is 30.0 Å². The Kier molecular flexibility index (Phi) is 5.65. The lowest BCUT2D eigenvalue weighted by Crippen LogP contribution is -2.38. The first kappa shape index (κ1) is 15.4. The number of rotatable bonds is 7. The Morgan fingerprint density at radius 2 is 2.10 bits per heavy atom. The van der Waals surface area contributed by atoms with Crippen LogP contribution in [0.5, 0.6) is 11.5 Å². The Labute approximate surface area is 123 Å². The molecule has 2 amide bonds. The Morgan fingerprint density at radius 1 is 1.33 bits per heavy atom. The van der Waals surface area contributed by atoms with E-state index in [1.165, 1.54) is 0 Å². The van der Waals surface area contributed by atoms with Gasteiger partial charge in [0.25, 0.3) is 0 Å². The number of aliphatic hydroxyl groups excluding tert-OH is 1. The third-order valence-corrected chi connectivity index (χ3v) is 3.08. The zero-order valence-electron chi connectivity index (χ0n) is 11.9. The van der Waals surface area contributed by atoms with E-state index < -0.39 is 6.10 Å². The minimum Gasteiger partial charge on any atom is -0.454 e. The number of fused-ring (bicyclic) bond motifs is 1.